The monoisotopic (exact) mass is 292 g/mol. The zero-order valence-corrected chi connectivity index (χ0v) is 13.8. The molecule has 0 aromatic heterocycles. The van der Waals surface area contributed by atoms with E-state index in [2.05, 4.69) is 37.9 Å². The largest absolute Gasteiger partial charge is 0.311 e. The van der Waals surface area contributed by atoms with E-state index in [4.69, 9.17) is 0 Å². The molecule has 0 bridgehead atoms. The molecule has 2 nitrogen and oxygen atoms in total. The molecule has 1 aromatic carbocycles. The number of rotatable bonds is 5. The Hall–Kier alpha value is -0.930. The summed E-state index contributed by atoms with van der Waals surface area (Å²) in [5.41, 5.74) is 1.38. The first-order chi connectivity index (χ1) is 9.93. The first-order valence-electron chi connectivity index (χ1n) is 8.16. The van der Waals surface area contributed by atoms with Gasteiger partial charge in [0.1, 0.15) is 5.82 Å². The predicted octanol–water partition coefficient (Wildman–Crippen LogP) is 3.81. The molecule has 1 fully saturated rings. The SMILES string of the molecule is CCC1(C)CNC(CC(C)C)CN1Cc1ccc(F)cc1. The zero-order valence-electron chi connectivity index (χ0n) is 13.8. The van der Waals surface area contributed by atoms with Crippen molar-refractivity contribution in [1.82, 2.24) is 10.2 Å². The molecular weight excluding hydrogens is 263 g/mol. The van der Waals surface area contributed by atoms with E-state index in [-0.39, 0.29) is 11.4 Å². The van der Waals surface area contributed by atoms with Gasteiger partial charge in [-0.2, -0.15) is 0 Å². The lowest BCUT2D eigenvalue weighted by Crippen LogP contribution is -2.62. The maximum atomic E-state index is 13.1. The van der Waals surface area contributed by atoms with Gasteiger partial charge < -0.3 is 5.32 Å². The summed E-state index contributed by atoms with van der Waals surface area (Å²) in [5, 5.41) is 3.72. The maximum absolute atomic E-state index is 13.1. The number of hydrogen-bond donors (Lipinski definition) is 1. The minimum absolute atomic E-state index is 0.157. The fourth-order valence-electron chi connectivity index (χ4n) is 3.17. The van der Waals surface area contributed by atoms with Gasteiger partial charge in [0.25, 0.3) is 0 Å². The average Bonchev–Trinajstić information content (AvgIpc) is 2.44. The minimum atomic E-state index is -0.157. The minimum Gasteiger partial charge on any atom is -0.311 e. The highest BCUT2D eigenvalue weighted by atomic mass is 19.1. The predicted molar refractivity (Wildman–Crippen MR) is 86.8 cm³/mol. The number of halogens is 1. The molecule has 2 unspecified atom stereocenters. The average molecular weight is 292 g/mol. The summed E-state index contributed by atoms with van der Waals surface area (Å²) in [6, 6.07) is 7.50. The third-order valence-corrected chi connectivity index (χ3v) is 4.78. The van der Waals surface area contributed by atoms with Crippen molar-refractivity contribution in [3.8, 4) is 0 Å². The van der Waals surface area contributed by atoms with E-state index in [0.29, 0.717) is 12.0 Å². The molecule has 0 spiro atoms. The molecule has 1 heterocycles. The van der Waals surface area contributed by atoms with Crippen LogP contribution in [0.2, 0.25) is 0 Å². The molecule has 2 rings (SSSR count). The van der Waals surface area contributed by atoms with Crippen molar-refractivity contribution in [1.29, 1.82) is 0 Å². The molecule has 1 N–H and O–H groups in total. The Kier molecular flexibility index (Phi) is 5.39. The van der Waals surface area contributed by atoms with Crippen LogP contribution >= 0.6 is 0 Å². The van der Waals surface area contributed by atoms with Crippen molar-refractivity contribution in [2.24, 2.45) is 5.92 Å². The highest BCUT2D eigenvalue weighted by Gasteiger charge is 2.36. The van der Waals surface area contributed by atoms with Gasteiger partial charge >= 0.3 is 0 Å². The van der Waals surface area contributed by atoms with Gasteiger partial charge in [-0.15, -0.1) is 0 Å². The normalized spacial score (nSPS) is 27.2. The summed E-state index contributed by atoms with van der Waals surface area (Å²) in [7, 11) is 0. The fraction of sp³-hybridized carbons (Fsp3) is 0.667. The molecule has 0 aliphatic carbocycles. The molecule has 118 valence electrons. The van der Waals surface area contributed by atoms with E-state index in [1.165, 1.54) is 12.0 Å². The topological polar surface area (TPSA) is 15.3 Å². The van der Waals surface area contributed by atoms with Gasteiger partial charge in [0.15, 0.2) is 0 Å². The van der Waals surface area contributed by atoms with Gasteiger partial charge in [0, 0.05) is 31.2 Å². The summed E-state index contributed by atoms with van der Waals surface area (Å²) in [6.45, 7) is 12.1. The van der Waals surface area contributed by atoms with Crippen LogP contribution in [-0.4, -0.2) is 29.6 Å². The number of benzene rings is 1. The Morgan fingerprint density at radius 3 is 2.57 bits per heavy atom. The second-order valence-electron chi connectivity index (χ2n) is 7.06. The van der Waals surface area contributed by atoms with E-state index in [1.807, 2.05) is 12.1 Å². The molecule has 2 atom stereocenters. The zero-order chi connectivity index (χ0) is 15.5. The van der Waals surface area contributed by atoms with Crippen molar-refractivity contribution >= 4 is 0 Å². The van der Waals surface area contributed by atoms with Crippen LogP contribution in [-0.2, 0) is 6.54 Å². The van der Waals surface area contributed by atoms with Gasteiger partial charge in [-0.05, 0) is 43.4 Å². The molecule has 1 aliphatic rings. The van der Waals surface area contributed by atoms with Gasteiger partial charge in [-0.3, -0.25) is 4.90 Å². The molecule has 1 saturated heterocycles. The standard InChI is InChI=1S/C18H29FN2/c1-5-18(4)13-20-17(10-14(2)3)12-21(18)11-15-6-8-16(19)9-7-15/h6-9,14,17,20H,5,10-13H2,1-4H3. The van der Waals surface area contributed by atoms with E-state index in [9.17, 15) is 4.39 Å². The third kappa shape index (κ3) is 4.27. The van der Waals surface area contributed by atoms with E-state index >= 15 is 0 Å². The summed E-state index contributed by atoms with van der Waals surface area (Å²) in [6.07, 6.45) is 2.33. The van der Waals surface area contributed by atoms with Crippen LogP contribution < -0.4 is 5.32 Å². The van der Waals surface area contributed by atoms with Crippen LogP contribution in [0.15, 0.2) is 24.3 Å². The van der Waals surface area contributed by atoms with Gasteiger partial charge in [-0.25, -0.2) is 4.39 Å². The lowest BCUT2D eigenvalue weighted by atomic mass is 9.89. The maximum Gasteiger partial charge on any atom is 0.123 e. The van der Waals surface area contributed by atoms with E-state index in [1.54, 1.807) is 12.1 Å². The van der Waals surface area contributed by atoms with Crippen molar-refractivity contribution < 1.29 is 4.39 Å². The van der Waals surface area contributed by atoms with Crippen LogP contribution in [0.1, 0.15) is 46.1 Å². The van der Waals surface area contributed by atoms with Gasteiger partial charge in [0.05, 0.1) is 0 Å². The molecule has 3 heteroatoms. The summed E-state index contributed by atoms with van der Waals surface area (Å²) in [4.78, 5) is 2.57. The number of nitrogens with one attached hydrogen (secondary N) is 1. The van der Waals surface area contributed by atoms with Crippen molar-refractivity contribution in [3.63, 3.8) is 0 Å². The molecule has 1 aliphatic heterocycles. The second-order valence-corrected chi connectivity index (χ2v) is 7.06. The Bertz CT molecular complexity index is 443. The number of nitrogens with zero attached hydrogens (tertiary/aromatic N) is 1. The van der Waals surface area contributed by atoms with Gasteiger partial charge in [0.2, 0.25) is 0 Å². The summed E-state index contributed by atoms with van der Waals surface area (Å²) >= 11 is 0. The Morgan fingerprint density at radius 2 is 2.00 bits per heavy atom. The molecule has 1 aromatic rings. The van der Waals surface area contributed by atoms with Crippen LogP contribution in [0, 0.1) is 11.7 Å². The van der Waals surface area contributed by atoms with Crippen molar-refractivity contribution in [2.45, 2.75) is 58.7 Å². The molecule has 0 saturated carbocycles. The fourth-order valence-corrected chi connectivity index (χ4v) is 3.17. The first kappa shape index (κ1) is 16.4. The molecule has 0 radical (unpaired) electrons. The second kappa shape index (κ2) is 6.89. The molecule has 0 amide bonds. The highest BCUT2D eigenvalue weighted by molar-refractivity contribution is 5.16. The van der Waals surface area contributed by atoms with Crippen LogP contribution in [0.25, 0.3) is 0 Å². The Balaban J connectivity index is 2.08. The quantitative estimate of drug-likeness (QED) is 0.887. The Morgan fingerprint density at radius 1 is 1.33 bits per heavy atom. The lowest BCUT2D eigenvalue weighted by Gasteiger charge is -2.48. The van der Waals surface area contributed by atoms with Crippen LogP contribution in [0.5, 0.6) is 0 Å². The summed E-state index contributed by atoms with van der Waals surface area (Å²) in [5.74, 6) is 0.552. The van der Waals surface area contributed by atoms with Crippen LogP contribution in [0.3, 0.4) is 0 Å². The third-order valence-electron chi connectivity index (χ3n) is 4.78. The summed E-state index contributed by atoms with van der Waals surface area (Å²) < 4.78 is 13.1. The number of piperazine rings is 1. The molecule has 21 heavy (non-hydrogen) atoms. The van der Waals surface area contributed by atoms with Gasteiger partial charge in [-0.1, -0.05) is 32.9 Å². The highest BCUT2D eigenvalue weighted by Crippen LogP contribution is 2.26. The first-order valence-corrected chi connectivity index (χ1v) is 8.16. The number of hydrogen-bond acceptors (Lipinski definition) is 2. The van der Waals surface area contributed by atoms with Crippen LogP contribution in [0.4, 0.5) is 4.39 Å². The smallest absolute Gasteiger partial charge is 0.123 e. The van der Waals surface area contributed by atoms with E-state index < -0.39 is 0 Å². The molecular formula is C18H29FN2. The van der Waals surface area contributed by atoms with Crippen molar-refractivity contribution in [2.75, 3.05) is 13.1 Å². The van der Waals surface area contributed by atoms with Crippen molar-refractivity contribution in [3.05, 3.63) is 35.6 Å². The Labute approximate surface area is 128 Å². The van der Waals surface area contributed by atoms with E-state index in [0.717, 1.165) is 26.1 Å². The lowest BCUT2D eigenvalue weighted by molar-refractivity contribution is 0.0372.